The molecule has 0 spiro atoms. The van der Waals surface area contributed by atoms with Gasteiger partial charge in [0.2, 0.25) is 0 Å². The van der Waals surface area contributed by atoms with E-state index in [1.165, 1.54) is 0 Å². The van der Waals surface area contributed by atoms with Crippen molar-refractivity contribution in [3.63, 3.8) is 0 Å². The van der Waals surface area contributed by atoms with E-state index in [9.17, 15) is 0 Å². The van der Waals surface area contributed by atoms with Gasteiger partial charge in [-0.25, -0.2) is 0 Å². The highest BCUT2D eigenvalue weighted by molar-refractivity contribution is 6.35. The average Bonchev–Trinajstić information content (AvgIpc) is 2.14. The molecular formula is C11H16Cl2N2. The molecule has 1 rings (SSSR count). The standard InChI is InChI=1S/C11H16Cl2N2/c1-11(2,6-14)7-15-10-4-8(12)3-9(13)5-10/h3-5,15H,6-7,14H2,1-2H3. The Labute approximate surface area is 101 Å². The number of hydrogen-bond donors (Lipinski definition) is 2. The molecule has 15 heavy (non-hydrogen) atoms. The Morgan fingerprint density at radius 1 is 1.20 bits per heavy atom. The van der Waals surface area contributed by atoms with E-state index < -0.39 is 0 Å². The first-order valence-electron chi connectivity index (χ1n) is 4.83. The van der Waals surface area contributed by atoms with Crippen molar-refractivity contribution in [2.45, 2.75) is 13.8 Å². The lowest BCUT2D eigenvalue weighted by atomic mass is 9.94. The van der Waals surface area contributed by atoms with Crippen LogP contribution in [-0.2, 0) is 0 Å². The normalized spacial score (nSPS) is 11.5. The fourth-order valence-corrected chi connectivity index (χ4v) is 1.60. The highest BCUT2D eigenvalue weighted by Gasteiger charge is 2.14. The van der Waals surface area contributed by atoms with Crippen molar-refractivity contribution in [2.24, 2.45) is 11.1 Å². The Hall–Kier alpha value is -0.440. The molecule has 0 unspecified atom stereocenters. The van der Waals surface area contributed by atoms with Crippen LogP contribution in [-0.4, -0.2) is 13.1 Å². The van der Waals surface area contributed by atoms with Crippen molar-refractivity contribution in [1.29, 1.82) is 0 Å². The number of hydrogen-bond acceptors (Lipinski definition) is 2. The molecule has 0 aliphatic carbocycles. The van der Waals surface area contributed by atoms with Gasteiger partial charge in [-0.05, 0) is 30.2 Å². The molecule has 4 heteroatoms. The highest BCUT2D eigenvalue weighted by Crippen LogP contribution is 2.23. The lowest BCUT2D eigenvalue weighted by molar-refractivity contribution is 0.405. The molecule has 1 aromatic rings. The molecule has 2 nitrogen and oxygen atoms in total. The third-order valence-corrected chi connectivity index (χ3v) is 2.62. The molecule has 0 heterocycles. The van der Waals surface area contributed by atoms with Gasteiger partial charge in [-0.15, -0.1) is 0 Å². The van der Waals surface area contributed by atoms with Crippen molar-refractivity contribution in [2.75, 3.05) is 18.4 Å². The highest BCUT2D eigenvalue weighted by atomic mass is 35.5. The summed E-state index contributed by atoms with van der Waals surface area (Å²) in [5.41, 5.74) is 6.63. The zero-order valence-electron chi connectivity index (χ0n) is 8.98. The number of anilines is 1. The molecule has 0 saturated carbocycles. The molecule has 0 amide bonds. The molecular weight excluding hydrogens is 231 g/mol. The number of nitrogens with one attached hydrogen (secondary N) is 1. The van der Waals surface area contributed by atoms with Gasteiger partial charge in [0.05, 0.1) is 0 Å². The topological polar surface area (TPSA) is 38.0 Å². The van der Waals surface area contributed by atoms with E-state index in [1.807, 2.05) is 12.1 Å². The fraction of sp³-hybridized carbons (Fsp3) is 0.455. The van der Waals surface area contributed by atoms with E-state index in [-0.39, 0.29) is 5.41 Å². The summed E-state index contributed by atoms with van der Waals surface area (Å²) in [7, 11) is 0. The molecule has 3 N–H and O–H groups in total. The van der Waals surface area contributed by atoms with E-state index in [4.69, 9.17) is 28.9 Å². The van der Waals surface area contributed by atoms with Gasteiger partial charge in [-0.3, -0.25) is 0 Å². The second kappa shape index (κ2) is 5.06. The van der Waals surface area contributed by atoms with Crippen molar-refractivity contribution in [1.82, 2.24) is 0 Å². The number of nitrogens with two attached hydrogens (primary N) is 1. The first kappa shape index (κ1) is 12.6. The van der Waals surface area contributed by atoms with Crippen LogP contribution in [0.1, 0.15) is 13.8 Å². The van der Waals surface area contributed by atoms with Crippen LogP contribution >= 0.6 is 23.2 Å². The molecule has 0 radical (unpaired) electrons. The molecule has 0 saturated heterocycles. The van der Waals surface area contributed by atoms with Gasteiger partial charge < -0.3 is 11.1 Å². The molecule has 84 valence electrons. The maximum Gasteiger partial charge on any atom is 0.0441 e. The Balaban J connectivity index is 2.65. The monoisotopic (exact) mass is 246 g/mol. The van der Waals surface area contributed by atoms with Crippen LogP contribution in [0.4, 0.5) is 5.69 Å². The quantitative estimate of drug-likeness (QED) is 0.855. The zero-order chi connectivity index (χ0) is 11.5. The Bertz CT molecular complexity index is 317. The average molecular weight is 247 g/mol. The van der Waals surface area contributed by atoms with Crippen molar-refractivity contribution >= 4 is 28.9 Å². The zero-order valence-corrected chi connectivity index (χ0v) is 10.5. The minimum Gasteiger partial charge on any atom is -0.384 e. The first-order chi connectivity index (χ1) is 6.93. The summed E-state index contributed by atoms with van der Waals surface area (Å²) in [6, 6.07) is 5.41. The largest absolute Gasteiger partial charge is 0.384 e. The fourth-order valence-electron chi connectivity index (χ4n) is 1.07. The predicted octanol–water partition coefficient (Wildman–Crippen LogP) is 3.39. The van der Waals surface area contributed by atoms with Crippen LogP contribution < -0.4 is 11.1 Å². The maximum atomic E-state index is 5.88. The maximum absolute atomic E-state index is 5.88. The van der Waals surface area contributed by atoms with Gasteiger partial charge in [0.25, 0.3) is 0 Å². The number of halogens is 2. The van der Waals surface area contributed by atoms with Gasteiger partial charge >= 0.3 is 0 Å². The van der Waals surface area contributed by atoms with Gasteiger partial charge in [0, 0.05) is 22.3 Å². The first-order valence-corrected chi connectivity index (χ1v) is 5.58. The van der Waals surface area contributed by atoms with Gasteiger partial charge in [-0.2, -0.15) is 0 Å². The van der Waals surface area contributed by atoms with Crippen LogP contribution in [0.3, 0.4) is 0 Å². The Morgan fingerprint density at radius 3 is 2.20 bits per heavy atom. The molecule has 0 atom stereocenters. The van der Waals surface area contributed by atoms with Crippen LogP contribution in [0.25, 0.3) is 0 Å². The molecule has 0 aliphatic rings. The molecule has 0 bridgehead atoms. The van der Waals surface area contributed by atoms with Crippen LogP contribution in [0.2, 0.25) is 10.0 Å². The summed E-state index contributed by atoms with van der Waals surface area (Å²) in [4.78, 5) is 0. The summed E-state index contributed by atoms with van der Waals surface area (Å²) in [5, 5.41) is 4.54. The number of benzene rings is 1. The SMILES string of the molecule is CC(C)(CN)CNc1cc(Cl)cc(Cl)c1. The third kappa shape index (κ3) is 4.29. The predicted molar refractivity (Wildman–Crippen MR) is 67.8 cm³/mol. The lowest BCUT2D eigenvalue weighted by Crippen LogP contribution is -2.31. The van der Waals surface area contributed by atoms with E-state index >= 15 is 0 Å². The minimum atomic E-state index is 0.0643. The Morgan fingerprint density at radius 2 is 1.73 bits per heavy atom. The second-order valence-electron chi connectivity index (χ2n) is 4.38. The van der Waals surface area contributed by atoms with Crippen LogP contribution in [0.5, 0.6) is 0 Å². The molecule has 0 aromatic heterocycles. The molecule has 0 aliphatic heterocycles. The Kier molecular flexibility index (Phi) is 4.26. The number of rotatable bonds is 4. The van der Waals surface area contributed by atoms with E-state index in [0.717, 1.165) is 12.2 Å². The van der Waals surface area contributed by atoms with Gasteiger partial charge in [-0.1, -0.05) is 37.0 Å². The smallest absolute Gasteiger partial charge is 0.0441 e. The van der Waals surface area contributed by atoms with Gasteiger partial charge in [0.1, 0.15) is 0 Å². The summed E-state index contributed by atoms with van der Waals surface area (Å²) >= 11 is 11.8. The van der Waals surface area contributed by atoms with Crippen LogP contribution in [0, 0.1) is 5.41 Å². The van der Waals surface area contributed by atoms with E-state index in [0.29, 0.717) is 16.6 Å². The van der Waals surface area contributed by atoms with E-state index in [2.05, 4.69) is 19.2 Å². The molecule has 0 fully saturated rings. The van der Waals surface area contributed by atoms with Gasteiger partial charge in [0.15, 0.2) is 0 Å². The minimum absolute atomic E-state index is 0.0643. The lowest BCUT2D eigenvalue weighted by Gasteiger charge is -2.23. The van der Waals surface area contributed by atoms with Crippen molar-refractivity contribution < 1.29 is 0 Å². The summed E-state index contributed by atoms with van der Waals surface area (Å²) in [6.45, 7) is 5.63. The third-order valence-electron chi connectivity index (χ3n) is 2.19. The summed E-state index contributed by atoms with van der Waals surface area (Å²) < 4.78 is 0. The second-order valence-corrected chi connectivity index (χ2v) is 5.25. The van der Waals surface area contributed by atoms with Crippen molar-refractivity contribution in [3.8, 4) is 0 Å². The van der Waals surface area contributed by atoms with Crippen molar-refractivity contribution in [3.05, 3.63) is 28.2 Å². The van der Waals surface area contributed by atoms with E-state index in [1.54, 1.807) is 6.07 Å². The summed E-state index contributed by atoms with van der Waals surface area (Å²) in [5.74, 6) is 0. The van der Waals surface area contributed by atoms with Crippen LogP contribution in [0.15, 0.2) is 18.2 Å². The molecule has 1 aromatic carbocycles. The summed E-state index contributed by atoms with van der Waals surface area (Å²) in [6.07, 6.45) is 0.